The van der Waals surface area contributed by atoms with Gasteiger partial charge in [-0.05, 0) is 27.7 Å². The highest BCUT2D eigenvalue weighted by Crippen LogP contribution is 2.14. The first-order valence-corrected chi connectivity index (χ1v) is 6.28. The highest BCUT2D eigenvalue weighted by molar-refractivity contribution is 9.08. The topological polar surface area (TPSA) is 39.9 Å². The molecule has 0 fully saturated rings. The van der Waals surface area contributed by atoms with Gasteiger partial charge in [0.15, 0.2) is 5.82 Å². The van der Waals surface area contributed by atoms with E-state index in [9.17, 15) is 0 Å². The van der Waals surface area contributed by atoms with E-state index in [0.29, 0.717) is 12.6 Å². The van der Waals surface area contributed by atoms with Gasteiger partial charge in [-0.3, -0.25) is 0 Å². The van der Waals surface area contributed by atoms with Crippen molar-refractivity contribution in [2.75, 3.05) is 0 Å². The first-order chi connectivity index (χ1) is 7.06. The second kappa shape index (κ2) is 5.61. The zero-order valence-electron chi connectivity index (χ0n) is 9.70. The Kier molecular flexibility index (Phi) is 4.73. The summed E-state index contributed by atoms with van der Waals surface area (Å²) in [6.45, 7) is 8.79. The number of hydrogen-bond donors (Lipinski definition) is 0. The molecule has 0 N–H and O–H groups in total. The molecule has 0 saturated carbocycles. The molecule has 1 aromatic rings. The standard InChI is InChI=1S/C10H18BrN3O/c1-7(2)14-9(5-11)12-13-10(14)6-15-8(3)4/h7-8H,5-6H2,1-4H3. The molecule has 1 heterocycles. The molecular formula is C10H18BrN3O. The second-order valence-corrected chi connectivity index (χ2v) is 4.55. The van der Waals surface area contributed by atoms with Crippen molar-refractivity contribution in [3.8, 4) is 0 Å². The van der Waals surface area contributed by atoms with Gasteiger partial charge < -0.3 is 9.30 Å². The van der Waals surface area contributed by atoms with Crippen LogP contribution < -0.4 is 0 Å². The Morgan fingerprint density at radius 2 is 1.80 bits per heavy atom. The predicted octanol–water partition coefficient (Wildman–Crippen LogP) is 2.68. The van der Waals surface area contributed by atoms with Crippen molar-refractivity contribution in [2.24, 2.45) is 0 Å². The van der Waals surface area contributed by atoms with Gasteiger partial charge in [0, 0.05) is 6.04 Å². The number of alkyl halides is 1. The summed E-state index contributed by atoms with van der Waals surface area (Å²) in [7, 11) is 0. The van der Waals surface area contributed by atoms with Crippen LogP contribution in [-0.2, 0) is 16.7 Å². The Labute approximate surface area is 99.2 Å². The van der Waals surface area contributed by atoms with Crippen LogP contribution in [0.4, 0.5) is 0 Å². The fourth-order valence-corrected chi connectivity index (χ4v) is 1.77. The van der Waals surface area contributed by atoms with E-state index in [1.54, 1.807) is 0 Å². The number of hydrogen-bond acceptors (Lipinski definition) is 3. The van der Waals surface area contributed by atoms with E-state index in [1.165, 1.54) is 0 Å². The third-order valence-corrected chi connectivity index (χ3v) is 2.52. The van der Waals surface area contributed by atoms with Crippen LogP contribution in [0, 0.1) is 0 Å². The maximum absolute atomic E-state index is 5.54. The summed E-state index contributed by atoms with van der Waals surface area (Å²) in [5.41, 5.74) is 0. The molecule has 0 unspecified atom stereocenters. The molecule has 0 aliphatic carbocycles. The summed E-state index contributed by atoms with van der Waals surface area (Å²) in [6, 6.07) is 0.360. The number of ether oxygens (including phenoxy) is 1. The van der Waals surface area contributed by atoms with Crippen molar-refractivity contribution in [1.29, 1.82) is 0 Å². The lowest BCUT2D eigenvalue weighted by atomic mass is 10.3. The van der Waals surface area contributed by atoms with Gasteiger partial charge >= 0.3 is 0 Å². The summed E-state index contributed by atoms with van der Waals surface area (Å²) in [6.07, 6.45) is 0.217. The van der Waals surface area contributed by atoms with E-state index in [2.05, 4.69) is 44.5 Å². The van der Waals surface area contributed by atoms with Gasteiger partial charge in [0.1, 0.15) is 12.4 Å². The van der Waals surface area contributed by atoms with Gasteiger partial charge in [0.2, 0.25) is 0 Å². The molecule has 0 amide bonds. The van der Waals surface area contributed by atoms with Gasteiger partial charge in [-0.2, -0.15) is 0 Å². The fourth-order valence-electron chi connectivity index (χ4n) is 1.39. The first kappa shape index (κ1) is 12.6. The van der Waals surface area contributed by atoms with Crippen molar-refractivity contribution in [2.45, 2.75) is 51.8 Å². The number of rotatable bonds is 5. The maximum atomic E-state index is 5.54. The van der Waals surface area contributed by atoms with E-state index in [1.807, 2.05) is 13.8 Å². The lowest BCUT2D eigenvalue weighted by molar-refractivity contribution is 0.0587. The summed E-state index contributed by atoms with van der Waals surface area (Å²) < 4.78 is 7.65. The Bertz CT molecular complexity index is 310. The highest BCUT2D eigenvalue weighted by Gasteiger charge is 2.13. The van der Waals surface area contributed by atoms with E-state index in [4.69, 9.17) is 4.74 Å². The van der Waals surface area contributed by atoms with Gasteiger partial charge in [-0.25, -0.2) is 0 Å². The lowest BCUT2D eigenvalue weighted by Gasteiger charge is -2.14. The van der Waals surface area contributed by atoms with Crippen molar-refractivity contribution in [3.63, 3.8) is 0 Å². The van der Waals surface area contributed by atoms with Gasteiger partial charge in [-0.1, -0.05) is 15.9 Å². The molecule has 0 radical (unpaired) electrons. The largest absolute Gasteiger partial charge is 0.371 e. The molecule has 0 spiro atoms. The van der Waals surface area contributed by atoms with Crippen LogP contribution in [0.5, 0.6) is 0 Å². The van der Waals surface area contributed by atoms with Crippen molar-refractivity contribution in [3.05, 3.63) is 11.6 Å². The Morgan fingerprint density at radius 1 is 1.20 bits per heavy atom. The minimum absolute atomic E-state index is 0.217. The third-order valence-electron chi connectivity index (χ3n) is 2.02. The van der Waals surface area contributed by atoms with E-state index in [0.717, 1.165) is 17.0 Å². The average Bonchev–Trinajstić information content (AvgIpc) is 2.57. The fraction of sp³-hybridized carbons (Fsp3) is 0.800. The third kappa shape index (κ3) is 3.28. The van der Waals surface area contributed by atoms with Crippen molar-refractivity contribution < 1.29 is 4.74 Å². The minimum atomic E-state index is 0.217. The van der Waals surface area contributed by atoms with E-state index < -0.39 is 0 Å². The molecular weight excluding hydrogens is 258 g/mol. The zero-order chi connectivity index (χ0) is 11.4. The molecule has 15 heavy (non-hydrogen) atoms. The van der Waals surface area contributed by atoms with Crippen molar-refractivity contribution >= 4 is 15.9 Å². The molecule has 1 aromatic heterocycles. The van der Waals surface area contributed by atoms with E-state index in [-0.39, 0.29) is 6.10 Å². The quantitative estimate of drug-likeness (QED) is 0.776. The number of aromatic nitrogens is 3. The molecule has 4 nitrogen and oxygen atoms in total. The second-order valence-electron chi connectivity index (χ2n) is 3.99. The smallest absolute Gasteiger partial charge is 0.159 e. The Hall–Kier alpha value is -0.420. The molecule has 0 aliphatic heterocycles. The zero-order valence-corrected chi connectivity index (χ0v) is 11.3. The molecule has 0 bridgehead atoms. The van der Waals surface area contributed by atoms with Crippen LogP contribution in [0.1, 0.15) is 45.4 Å². The van der Waals surface area contributed by atoms with Gasteiger partial charge in [-0.15, -0.1) is 10.2 Å². The van der Waals surface area contributed by atoms with Crippen molar-refractivity contribution in [1.82, 2.24) is 14.8 Å². The van der Waals surface area contributed by atoms with E-state index >= 15 is 0 Å². The SMILES string of the molecule is CC(C)OCc1nnc(CBr)n1C(C)C. The molecule has 5 heteroatoms. The van der Waals surface area contributed by atoms with Crippen LogP contribution in [0.15, 0.2) is 0 Å². The predicted molar refractivity (Wildman–Crippen MR) is 63.0 cm³/mol. The van der Waals surface area contributed by atoms with Crippen LogP contribution in [-0.4, -0.2) is 20.9 Å². The van der Waals surface area contributed by atoms with Crippen LogP contribution in [0.25, 0.3) is 0 Å². The first-order valence-electron chi connectivity index (χ1n) is 5.16. The Balaban J connectivity index is 2.82. The highest BCUT2D eigenvalue weighted by atomic mass is 79.9. The Morgan fingerprint density at radius 3 is 2.27 bits per heavy atom. The number of halogens is 1. The monoisotopic (exact) mass is 275 g/mol. The van der Waals surface area contributed by atoms with Gasteiger partial charge in [0.25, 0.3) is 0 Å². The number of nitrogens with zero attached hydrogens (tertiary/aromatic N) is 3. The molecule has 1 rings (SSSR count). The van der Waals surface area contributed by atoms with Crippen LogP contribution in [0.3, 0.4) is 0 Å². The summed E-state index contributed by atoms with van der Waals surface area (Å²) in [5.74, 6) is 1.85. The maximum Gasteiger partial charge on any atom is 0.159 e. The lowest BCUT2D eigenvalue weighted by Crippen LogP contribution is -2.12. The van der Waals surface area contributed by atoms with Crippen LogP contribution >= 0.6 is 15.9 Å². The normalized spacial score (nSPS) is 11.7. The summed E-state index contributed by atoms with van der Waals surface area (Å²) >= 11 is 3.41. The minimum Gasteiger partial charge on any atom is -0.371 e. The summed E-state index contributed by atoms with van der Waals surface area (Å²) in [5, 5.41) is 8.98. The molecule has 0 atom stereocenters. The molecule has 86 valence electrons. The van der Waals surface area contributed by atoms with Crippen LogP contribution in [0.2, 0.25) is 0 Å². The van der Waals surface area contributed by atoms with Gasteiger partial charge in [0.05, 0.1) is 11.4 Å². The average molecular weight is 276 g/mol. The summed E-state index contributed by atoms with van der Waals surface area (Å²) in [4.78, 5) is 0. The molecule has 0 aliphatic rings. The molecule has 0 aromatic carbocycles. The molecule has 0 saturated heterocycles.